The van der Waals surface area contributed by atoms with Crippen LogP contribution in [0.4, 0.5) is 13.2 Å². The third-order valence-corrected chi connectivity index (χ3v) is 7.16. The van der Waals surface area contributed by atoms with E-state index in [1.165, 1.54) is 17.8 Å². The van der Waals surface area contributed by atoms with Gasteiger partial charge in [-0.2, -0.15) is 13.2 Å². The number of ether oxygens (including phenoxy) is 3. The maximum atomic E-state index is 13.3. The van der Waals surface area contributed by atoms with E-state index in [0.29, 0.717) is 59.2 Å². The first-order valence-electron chi connectivity index (χ1n) is 13.8. The van der Waals surface area contributed by atoms with Gasteiger partial charge in [-0.15, -0.1) is 10.2 Å². The zero-order chi connectivity index (χ0) is 31.0. The lowest BCUT2D eigenvalue weighted by molar-refractivity contribution is -0.137. The average Bonchev–Trinajstić information content (AvgIpc) is 3.39. The zero-order valence-corrected chi connectivity index (χ0v) is 25.1. The summed E-state index contributed by atoms with van der Waals surface area (Å²) in [6, 6.07) is 16.1. The number of carbonyl (C=O) groups is 1. The summed E-state index contributed by atoms with van der Waals surface area (Å²) in [5.41, 5.74) is 1.87. The lowest BCUT2D eigenvalue weighted by Gasteiger charge is -2.17. The van der Waals surface area contributed by atoms with E-state index in [1.807, 2.05) is 52.0 Å². The standard InChI is InChI=1S/C31H33F3N4O4S/c1-5-40-25-16-22(17-26(41-6-2)28(25)42-7-3)29(39)35-18-27-36-37-30(38(27)24-13-8-10-20(4)14-24)43-19-21-11-9-12-23(15-21)31(32,33)34/h8-17H,5-7,18-19H2,1-4H3,(H,35,39). The highest BCUT2D eigenvalue weighted by molar-refractivity contribution is 7.98. The molecule has 3 aromatic carbocycles. The van der Waals surface area contributed by atoms with Gasteiger partial charge in [0.15, 0.2) is 22.5 Å². The number of aromatic nitrogens is 3. The first kappa shape index (κ1) is 31.7. The molecule has 1 N–H and O–H groups in total. The predicted octanol–water partition coefficient (Wildman–Crippen LogP) is 7.01. The molecule has 0 aliphatic carbocycles. The Morgan fingerprint density at radius 2 is 1.58 bits per heavy atom. The normalized spacial score (nSPS) is 11.3. The van der Waals surface area contributed by atoms with E-state index in [1.54, 1.807) is 22.8 Å². The fourth-order valence-electron chi connectivity index (χ4n) is 4.30. The molecule has 8 nitrogen and oxygen atoms in total. The van der Waals surface area contributed by atoms with Crippen LogP contribution < -0.4 is 19.5 Å². The molecule has 0 radical (unpaired) electrons. The molecule has 0 aliphatic rings. The maximum Gasteiger partial charge on any atom is 0.416 e. The Balaban J connectivity index is 1.60. The molecule has 1 heterocycles. The van der Waals surface area contributed by atoms with Crippen molar-refractivity contribution in [3.05, 3.63) is 88.7 Å². The molecule has 12 heteroatoms. The molecule has 0 bridgehead atoms. The number of nitrogens with zero attached hydrogens (tertiary/aromatic N) is 3. The van der Waals surface area contributed by atoms with Gasteiger partial charge in [-0.3, -0.25) is 9.36 Å². The Labute approximate surface area is 252 Å². The quantitative estimate of drug-likeness (QED) is 0.162. The number of hydrogen-bond donors (Lipinski definition) is 1. The molecule has 0 aliphatic heterocycles. The molecule has 43 heavy (non-hydrogen) atoms. The topological polar surface area (TPSA) is 87.5 Å². The molecule has 0 saturated heterocycles. The monoisotopic (exact) mass is 614 g/mol. The highest BCUT2D eigenvalue weighted by Gasteiger charge is 2.30. The zero-order valence-electron chi connectivity index (χ0n) is 24.3. The number of carbonyl (C=O) groups excluding carboxylic acids is 1. The number of nitrogens with one attached hydrogen (secondary N) is 1. The van der Waals surface area contributed by atoms with Gasteiger partial charge in [-0.25, -0.2) is 0 Å². The van der Waals surface area contributed by atoms with Crippen molar-refractivity contribution >= 4 is 17.7 Å². The van der Waals surface area contributed by atoms with Crippen molar-refractivity contribution in [3.63, 3.8) is 0 Å². The fourth-order valence-corrected chi connectivity index (χ4v) is 5.21. The number of hydrogen-bond acceptors (Lipinski definition) is 7. The number of amides is 1. The molecule has 0 unspecified atom stereocenters. The summed E-state index contributed by atoms with van der Waals surface area (Å²) in [7, 11) is 0. The summed E-state index contributed by atoms with van der Waals surface area (Å²) in [5, 5.41) is 12.0. The van der Waals surface area contributed by atoms with Gasteiger partial charge in [0.1, 0.15) is 0 Å². The summed E-state index contributed by atoms with van der Waals surface area (Å²) >= 11 is 1.26. The molecule has 0 fully saturated rings. The summed E-state index contributed by atoms with van der Waals surface area (Å²) in [4.78, 5) is 13.3. The van der Waals surface area contributed by atoms with Crippen LogP contribution in [0.2, 0.25) is 0 Å². The molecular formula is C31H33F3N4O4S. The maximum absolute atomic E-state index is 13.3. The Morgan fingerprint density at radius 3 is 2.21 bits per heavy atom. The van der Waals surface area contributed by atoms with Gasteiger partial charge < -0.3 is 19.5 Å². The number of rotatable bonds is 13. The molecule has 0 atom stereocenters. The third-order valence-electron chi connectivity index (χ3n) is 6.16. The Bertz CT molecular complexity index is 1530. The minimum Gasteiger partial charge on any atom is -0.490 e. The molecule has 4 rings (SSSR count). The SMILES string of the molecule is CCOc1cc(C(=O)NCc2nnc(SCc3cccc(C(F)(F)F)c3)n2-c2cccc(C)c2)cc(OCC)c1OCC. The molecular weight excluding hydrogens is 581 g/mol. The van der Waals surface area contributed by atoms with Crippen molar-refractivity contribution in [1.82, 2.24) is 20.1 Å². The van der Waals surface area contributed by atoms with Crippen molar-refractivity contribution in [2.24, 2.45) is 0 Å². The van der Waals surface area contributed by atoms with E-state index >= 15 is 0 Å². The first-order chi connectivity index (χ1) is 20.6. The van der Waals surface area contributed by atoms with Gasteiger partial charge in [0.25, 0.3) is 5.91 Å². The van der Waals surface area contributed by atoms with Crippen LogP contribution in [0.5, 0.6) is 17.2 Å². The summed E-state index contributed by atoms with van der Waals surface area (Å²) in [6.45, 7) is 8.65. The number of benzene rings is 3. The lowest BCUT2D eigenvalue weighted by atomic mass is 10.1. The molecule has 0 saturated carbocycles. The van der Waals surface area contributed by atoms with E-state index in [0.717, 1.165) is 23.4 Å². The van der Waals surface area contributed by atoms with Gasteiger partial charge >= 0.3 is 6.18 Å². The van der Waals surface area contributed by atoms with E-state index in [4.69, 9.17) is 14.2 Å². The number of alkyl halides is 3. The second-order valence-corrected chi connectivity index (χ2v) is 10.3. The van der Waals surface area contributed by atoms with Gasteiger partial charge in [0.05, 0.1) is 31.9 Å². The second-order valence-electron chi connectivity index (χ2n) is 9.34. The minimum absolute atomic E-state index is 0.0328. The van der Waals surface area contributed by atoms with E-state index in [-0.39, 0.29) is 18.2 Å². The van der Waals surface area contributed by atoms with Crippen molar-refractivity contribution in [3.8, 4) is 22.9 Å². The van der Waals surface area contributed by atoms with Crippen LogP contribution >= 0.6 is 11.8 Å². The van der Waals surface area contributed by atoms with Crippen molar-refractivity contribution in [2.75, 3.05) is 19.8 Å². The smallest absolute Gasteiger partial charge is 0.416 e. The molecule has 228 valence electrons. The van der Waals surface area contributed by atoms with Crippen molar-refractivity contribution in [2.45, 2.75) is 51.3 Å². The molecule has 1 aromatic heterocycles. The highest BCUT2D eigenvalue weighted by Crippen LogP contribution is 2.39. The van der Waals surface area contributed by atoms with Gasteiger partial charge in [-0.1, -0.05) is 42.1 Å². The first-order valence-corrected chi connectivity index (χ1v) is 14.8. The van der Waals surface area contributed by atoms with Crippen LogP contribution in [0.15, 0.2) is 65.8 Å². The second kappa shape index (κ2) is 14.3. The van der Waals surface area contributed by atoms with Gasteiger partial charge in [-0.05, 0) is 69.2 Å². The molecule has 0 spiro atoms. The van der Waals surface area contributed by atoms with E-state index < -0.39 is 11.7 Å². The van der Waals surface area contributed by atoms with Crippen LogP contribution in [-0.2, 0) is 18.5 Å². The summed E-state index contributed by atoms with van der Waals surface area (Å²) in [6.07, 6.45) is -4.43. The van der Waals surface area contributed by atoms with Gasteiger partial charge in [0, 0.05) is 17.0 Å². The van der Waals surface area contributed by atoms with Gasteiger partial charge in [0.2, 0.25) is 5.75 Å². The van der Waals surface area contributed by atoms with Crippen LogP contribution in [-0.4, -0.2) is 40.5 Å². The number of thioether (sulfide) groups is 1. The fraction of sp³-hybridized carbons (Fsp3) is 0.323. The summed E-state index contributed by atoms with van der Waals surface area (Å²) in [5.74, 6) is 1.54. The lowest BCUT2D eigenvalue weighted by Crippen LogP contribution is -2.25. The number of aryl methyl sites for hydroxylation is 1. The Morgan fingerprint density at radius 1 is 0.907 bits per heavy atom. The van der Waals surface area contributed by atoms with E-state index in [2.05, 4.69) is 15.5 Å². The van der Waals surface area contributed by atoms with Crippen LogP contribution in [0.1, 0.15) is 53.6 Å². The van der Waals surface area contributed by atoms with Crippen molar-refractivity contribution < 1.29 is 32.2 Å². The molecule has 1 amide bonds. The van der Waals surface area contributed by atoms with Crippen LogP contribution in [0, 0.1) is 6.92 Å². The predicted molar refractivity (Wildman–Crippen MR) is 158 cm³/mol. The Kier molecular flexibility index (Phi) is 10.6. The minimum atomic E-state index is -4.43. The largest absolute Gasteiger partial charge is 0.490 e. The average molecular weight is 615 g/mol. The Hall–Kier alpha value is -4.19. The highest BCUT2D eigenvalue weighted by atomic mass is 32.2. The van der Waals surface area contributed by atoms with E-state index in [9.17, 15) is 18.0 Å². The van der Waals surface area contributed by atoms with Crippen LogP contribution in [0.3, 0.4) is 0 Å². The van der Waals surface area contributed by atoms with Crippen molar-refractivity contribution in [1.29, 1.82) is 0 Å². The summed E-state index contributed by atoms with van der Waals surface area (Å²) < 4.78 is 58.6. The third kappa shape index (κ3) is 8.01. The molecule has 4 aromatic rings. The number of halogens is 3. The van der Waals surface area contributed by atoms with Crippen LogP contribution in [0.25, 0.3) is 5.69 Å².